The molecule has 3 rings (SSSR count). The zero-order valence-corrected chi connectivity index (χ0v) is 11.6. The van der Waals surface area contributed by atoms with Crippen molar-refractivity contribution in [3.05, 3.63) is 65.5 Å². The van der Waals surface area contributed by atoms with Crippen molar-refractivity contribution in [3.8, 4) is 0 Å². The molecule has 0 saturated carbocycles. The first-order valence-corrected chi connectivity index (χ1v) is 6.56. The summed E-state index contributed by atoms with van der Waals surface area (Å²) in [5.41, 5.74) is 4.93. The Kier molecular flexibility index (Phi) is 2.67. The molecule has 1 aromatic heterocycles. The molecule has 0 saturated heterocycles. The lowest BCUT2D eigenvalue weighted by atomic mass is 9.84. The smallest absolute Gasteiger partial charge is 0.0812 e. The number of nitrogens with zero attached hydrogens (tertiary/aromatic N) is 2. The summed E-state index contributed by atoms with van der Waals surface area (Å²) in [5.74, 6) is 0. The molecule has 0 amide bonds. The van der Waals surface area contributed by atoms with Crippen molar-refractivity contribution in [3.63, 3.8) is 0 Å². The van der Waals surface area contributed by atoms with Crippen LogP contribution in [-0.2, 0) is 5.54 Å². The summed E-state index contributed by atoms with van der Waals surface area (Å²) in [7, 11) is 2.14. The fraction of sp³-hybridized carbons (Fsp3) is 0.235. The van der Waals surface area contributed by atoms with Crippen molar-refractivity contribution in [2.45, 2.75) is 19.4 Å². The molecule has 2 heteroatoms. The van der Waals surface area contributed by atoms with Crippen LogP contribution in [0.4, 0.5) is 5.69 Å². The Hall–Kier alpha value is -2.09. The van der Waals surface area contributed by atoms with Crippen LogP contribution < -0.4 is 4.90 Å². The molecule has 1 aliphatic heterocycles. The van der Waals surface area contributed by atoms with E-state index in [9.17, 15) is 0 Å². The molecule has 0 radical (unpaired) electrons. The van der Waals surface area contributed by atoms with E-state index >= 15 is 0 Å². The lowest BCUT2D eigenvalue weighted by Crippen LogP contribution is -2.42. The van der Waals surface area contributed by atoms with E-state index in [0.717, 1.165) is 0 Å². The zero-order valence-electron chi connectivity index (χ0n) is 11.6. The molecular formula is C17H18N2. The molecule has 0 fully saturated rings. The summed E-state index contributed by atoms with van der Waals surface area (Å²) >= 11 is 0. The number of aryl methyl sites for hydroxylation is 1. The van der Waals surface area contributed by atoms with E-state index in [1.807, 2.05) is 12.4 Å². The molecule has 19 heavy (non-hydrogen) atoms. The number of hydrogen-bond acceptors (Lipinski definition) is 2. The standard InChI is InChI=1S/C17H18N2/c1-13-6-4-5-7-15(13)17(2)10-8-14-9-11-18-12-16(14)19(17)3/h4-12H,1-3H3. The normalized spacial score (nSPS) is 21.3. The minimum atomic E-state index is -0.124. The molecular weight excluding hydrogens is 232 g/mol. The van der Waals surface area contributed by atoms with Gasteiger partial charge in [-0.2, -0.15) is 0 Å². The number of hydrogen-bond donors (Lipinski definition) is 0. The van der Waals surface area contributed by atoms with Gasteiger partial charge < -0.3 is 4.90 Å². The van der Waals surface area contributed by atoms with Crippen LogP contribution in [0.15, 0.2) is 48.8 Å². The first-order chi connectivity index (χ1) is 9.13. The van der Waals surface area contributed by atoms with Gasteiger partial charge in [0.2, 0.25) is 0 Å². The van der Waals surface area contributed by atoms with Gasteiger partial charge in [-0.1, -0.05) is 36.4 Å². The highest BCUT2D eigenvalue weighted by Crippen LogP contribution is 2.40. The Bertz CT molecular complexity index is 645. The van der Waals surface area contributed by atoms with E-state index in [1.165, 1.54) is 22.4 Å². The molecule has 2 nitrogen and oxygen atoms in total. The molecule has 0 aliphatic carbocycles. The number of rotatable bonds is 1. The van der Waals surface area contributed by atoms with Gasteiger partial charge in [0.1, 0.15) is 0 Å². The lowest BCUT2D eigenvalue weighted by Gasteiger charge is -2.42. The Morgan fingerprint density at radius 2 is 1.95 bits per heavy atom. The van der Waals surface area contributed by atoms with Crippen LogP contribution in [0.5, 0.6) is 0 Å². The summed E-state index contributed by atoms with van der Waals surface area (Å²) in [6.45, 7) is 4.42. The van der Waals surface area contributed by atoms with Crippen molar-refractivity contribution in [1.29, 1.82) is 0 Å². The summed E-state index contributed by atoms with van der Waals surface area (Å²) in [4.78, 5) is 6.56. The third kappa shape index (κ3) is 1.75. The van der Waals surface area contributed by atoms with Crippen LogP contribution in [0, 0.1) is 6.92 Å². The molecule has 2 aromatic rings. The third-order valence-corrected chi connectivity index (χ3v) is 4.17. The van der Waals surface area contributed by atoms with Crippen molar-refractivity contribution in [1.82, 2.24) is 4.98 Å². The third-order valence-electron chi connectivity index (χ3n) is 4.17. The number of aromatic nitrogens is 1. The molecule has 1 aliphatic rings. The van der Waals surface area contributed by atoms with Crippen LogP contribution in [0.25, 0.3) is 6.08 Å². The van der Waals surface area contributed by atoms with Crippen molar-refractivity contribution >= 4 is 11.8 Å². The van der Waals surface area contributed by atoms with E-state index in [2.05, 4.69) is 73.3 Å². The second-order valence-corrected chi connectivity index (χ2v) is 5.29. The van der Waals surface area contributed by atoms with Gasteiger partial charge in [0.25, 0.3) is 0 Å². The van der Waals surface area contributed by atoms with E-state index in [4.69, 9.17) is 0 Å². The monoisotopic (exact) mass is 250 g/mol. The SMILES string of the molecule is Cc1ccccc1C1(C)C=Cc2ccncc2N1C. The Morgan fingerprint density at radius 3 is 2.74 bits per heavy atom. The van der Waals surface area contributed by atoms with Gasteiger partial charge in [-0.05, 0) is 31.0 Å². The van der Waals surface area contributed by atoms with Gasteiger partial charge in [-0.3, -0.25) is 4.98 Å². The second-order valence-electron chi connectivity index (χ2n) is 5.29. The van der Waals surface area contributed by atoms with Gasteiger partial charge in [-0.25, -0.2) is 0 Å². The largest absolute Gasteiger partial charge is 0.360 e. The van der Waals surface area contributed by atoms with Crippen LogP contribution in [0.3, 0.4) is 0 Å². The fourth-order valence-electron chi connectivity index (χ4n) is 2.84. The first kappa shape index (κ1) is 12.0. The van der Waals surface area contributed by atoms with Gasteiger partial charge in [0.05, 0.1) is 17.4 Å². The molecule has 96 valence electrons. The predicted octanol–water partition coefficient (Wildman–Crippen LogP) is 3.77. The number of likely N-dealkylation sites (N-methyl/N-ethyl adjacent to an activating group) is 1. The molecule has 1 aromatic carbocycles. The Balaban J connectivity index is 2.16. The molecule has 0 bridgehead atoms. The van der Waals surface area contributed by atoms with Gasteiger partial charge in [0, 0.05) is 18.8 Å². The van der Waals surface area contributed by atoms with Crippen LogP contribution in [0.2, 0.25) is 0 Å². The van der Waals surface area contributed by atoms with Crippen molar-refractivity contribution < 1.29 is 0 Å². The summed E-state index contributed by atoms with van der Waals surface area (Å²) in [6, 6.07) is 10.6. The van der Waals surface area contributed by atoms with E-state index < -0.39 is 0 Å². The average molecular weight is 250 g/mol. The highest BCUT2D eigenvalue weighted by atomic mass is 15.2. The predicted molar refractivity (Wildman–Crippen MR) is 80.2 cm³/mol. The Morgan fingerprint density at radius 1 is 1.16 bits per heavy atom. The minimum absolute atomic E-state index is 0.124. The molecule has 0 spiro atoms. The summed E-state index contributed by atoms with van der Waals surface area (Å²) in [6.07, 6.45) is 8.25. The molecule has 2 heterocycles. The topological polar surface area (TPSA) is 16.1 Å². The fourth-order valence-corrected chi connectivity index (χ4v) is 2.84. The van der Waals surface area contributed by atoms with Crippen molar-refractivity contribution in [2.24, 2.45) is 0 Å². The number of fused-ring (bicyclic) bond motifs is 1. The van der Waals surface area contributed by atoms with E-state index in [0.29, 0.717) is 0 Å². The summed E-state index contributed by atoms with van der Waals surface area (Å²) < 4.78 is 0. The molecule has 0 N–H and O–H groups in total. The van der Waals surface area contributed by atoms with Gasteiger partial charge >= 0.3 is 0 Å². The minimum Gasteiger partial charge on any atom is -0.360 e. The maximum atomic E-state index is 4.25. The van der Waals surface area contributed by atoms with Gasteiger partial charge in [-0.15, -0.1) is 0 Å². The average Bonchev–Trinajstić information content (AvgIpc) is 2.44. The molecule has 1 atom stereocenters. The highest BCUT2D eigenvalue weighted by molar-refractivity contribution is 5.73. The first-order valence-electron chi connectivity index (χ1n) is 6.56. The molecule has 1 unspecified atom stereocenters. The highest BCUT2D eigenvalue weighted by Gasteiger charge is 2.33. The maximum absolute atomic E-state index is 4.25. The quantitative estimate of drug-likeness (QED) is 0.766. The summed E-state index contributed by atoms with van der Waals surface area (Å²) in [5, 5.41) is 0. The zero-order chi connectivity index (χ0) is 13.5. The van der Waals surface area contributed by atoms with Gasteiger partial charge in [0.15, 0.2) is 0 Å². The number of anilines is 1. The van der Waals surface area contributed by atoms with E-state index in [1.54, 1.807) is 0 Å². The lowest BCUT2D eigenvalue weighted by molar-refractivity contribution is 0.573. The van der Waals surface area contributed by atoms with Crippen LogP contribution in [0.1, 0.15) is 23.6 Å². The van der Waals surface area contributed by atoms with Crippen molar-refractivity contribution in [2.75, 3.05) is 11.9 Å². The maximum Gasteiger partial charge on any atom is 0.0812 e. The van der Waals surface area contributed by atoms with Crippen LogP contribution >= 0.6 is 0 Å². The number of pyridine rings is 1. The Labute approximate surface area is 114 Å². The second kappa shape index (κ2) is 4.23. The van der Waals surface area contributed by atoms with Crippen LogP contribution in [-0.4, -0.2) is 12.0 Å². The van der Waals surface area contributed by atoms with E-state index in [-0.39, 0.29) is 5.54 Å². The number of benzene rings is 1.